The highest BCUT2D eigenvalue weighted by Crippen LogP contribution is 2.36. The fourth-order valence-corrected chi connectivity index (χ4v) is 6.55. The Morgan fingerprint density at radius 3 is 2.74 bits per heavy atom. The molecule has 3 aromatic rings. The second kappa shape index (κ2) is 12.6. The van der Waals surface area contributed by atoms with Gasteiger partial charge in [0.15, 0.2) is 0 Å². The Bertz CT molecular complexity index is 1540. The van der Waals surface area contributed by atoms with Crippen LogP contribution in [0.15, 0.2) is 49.1 Å². The molecule has 1 saturated carbocycles. The molecule has 2 aromatic carbocycles. The Morgan fingerprint density at radius 1 is 1.16 bits per heavy atom. The lowest BCUT2D eigenvalue weighted by molar-refractivity contribution is -0.128. The van der Waals surface area contributed by atoms with Gasteiger partial charge in [-0.1, -0.05) is 36.9 Å². The van der Waals surface area contributed by atoms with Crippen molar-refractivity contribution >= 4 is 28.2 Å². The number of carbonyl (C=O) groups is 1. The zero-order valence-corrected chi connectivity index (χ0v) is 25.3. The summed E-state index contributed by atoms with van der Waals surface area (Å²) in [5, 5.41) is 12.0. The number of hydrogen-bond acceptors (Lipinski definition) is 8. The summed E-state index contributed by atoms with van der Waals surface area (Å²) < 4.78 is 6.22. The van der Waals surface area contributed by atoms with Crippen molar-refractivity contribution in [2.45, 2.75) is 45.2 Å². The van der Waals surface area contributed by atoms with Gasteiger partial charge in [-0.15, -0.1) is 0 Å². The van der Waals surface area contributed by atoms with Gasteiger partial charge in [0.2, 0.25) is 5.91 Å². The van der Waals surface area contributed by atoms with Crippen LogP contribution in [0.2, 0.25) is 0 Å². The highest BCUT2D eigenvalue weighted by Gasteiger charge is 2.33. The second-order valence-electron chi connectivity index (χ2n) is 12.1. The smallest absolute Gasteiger partial charge is 0.318 e. The van der Waals surface area contributed by atoms with E-state index >= 15 is 0 Å². The lowest BCUT2D eigenvalue weighted by atomic mass is 9.99. The number of anilines is 2. The van der Waals surface area contributed by atoms with Crippen LogP contribution in [0.25, 0.3) is 10.8 Å². The van der Waals surface area contributed by atoms with Gasteiger partial charge in [0.25, 0.3) is 0 Å². The SMILES string of the molecule is C=CC(=O)N1CCN(c2nc(OCCN(C)CC3CC3)nc3c2CCN(c2cccc4cccc(C)c24)C3)C[C@@H]1CC#N. The van der Waals surface area contributed by atoms with E-state index in [9.17, 15) is 10.1 Å². The maximum Gasteiger partial charge on any atom is 0.318 e. The molecule has 0 N–H and O–H groups in total. The number of ether oxygens (including phenoxy) is 1. The number of aromatic nitrogens is 2. The quantitative estimate of drug-likeness (QED) is 0.328. The van der Waals surface area contributed by atoms with Crippen molar-refractivity contribution in [2.75, 3.05) is 62.7 Å². The number of carbonyl (C=O) groups excluding carboxylic acids is 1. The fourth-order valence-electron chi connectivity index (χ4n) is 6.55. The molecule has 9 nitrogen and oxygen atoms in total. The van der Waals surface area contributed by atoms with Crippen LogP contribution < -0.4 is 14.5 Å². The third kappa shape index (κ3) is 6.30. The fraction of sp³-hybridized carbons (Fsp3) is 0.471. The molecular weight excluding hydrogens is 538 g/mol. The maximum absolute atomic E-state index is 12.5. The number of rotatable bonds is 10. The molecule has 0 spiro atoms. The molecule has 1 saturated heterocycles. The topological polar surface area (TPSA) is 88.8 Å². The summed E-state index contributed by atoms with van der Waals surface area (Å²) in [6.07, 6.45) is 5.05. The molecule has 9 heteroatoms. The maximum atomic E-state index is 12.5. The van der Waals surface area contributed by atoms with E-state index < -0.39 is 0 Å². The van der Waals surface area contributed by atoms with Crippen molar-refractivity contribution < 1.29 is 9.53 Å². The zero-order chi connectivity index (χ0) is 29.9. The number of amides is 1. The summed E-state index contributed by atoms with van der Waals surface area (Å²) in [5.74, 6) is 1.56. The first-order chi connectivity index (χ1) is 20.9. The van der Waals surface area contributed by atoms with Crippen LogP contribution in [0.3, 0.4) is 0 Å². The van der Waals surface area contributed by atoms with E-state index in [-0.39, 0.29) is 18.4 Å². The lowest BCUT2D eigenvalue weighted by Crippen LogP contribution is -2.55. The predicted octanol–water partition coefficient (Wildman–Crippen LogP) is 4.34. The minimum absolute atomic E-state index is 0.134. The zero-order valence-electron chi connectivity index (χ0n) is 25.3. The summed E-state index contributed by atoms with van der Waals surface area (Å²) in [6.45, 7) is 11.5. The highest BCUT2D eigenvalue weighted by atomic mass is 16.5. The molecule has 224 valence electrons. The van der Waals surface area contributed by atoms with Crippen molar-refractivity contribution in [2.24, 2.45) is 5.92 Å². The summed E-state index contributed by atoms with van der Waals surface area (Å²) in [7, 11) is 2.14. The molecule has 2 fully saturated rings. The van der Waals surface area contributed by atoms with E-state index in [1.54, 1.807) is 4.90 Å². The van der Waals surface area contributed by atoms with Gasteiger partial charge >= 0.3 is 6.01 Å². The van der Waals surface area contributed by atoms with E-state index in [1.165, 1.54) is 40.9 Å². The van der Waals surface area contributed by atoms with Crippen LogP contribution in [0.1, 0.15) is 36.1 Å². The first-order valence-corrected chi connectivity index (χ1v) is 15.4. The van der Waals surface area contributed by atoms with E-state index in [4.69, 9.17) is 14.7 Å². The minimum Gasteiger partial charge on any atom is -0.462 e. The van der Waals surface area contributed by atoms with Crippen molar-refractivity contribution in [3.63, 3.8) is 0 Å². The molecule has 3 heterocycles. The Morgan fingerprint density at radius 2 is 1.98 bits per heavy atom. The van der Waals surface area contributed by atoms with Gasteiger partial charge in [0, 0.05) is 55.9 Å². The largest absolute Gasteiger partial charge is 0.462 e. The lowest BCUT2D eigenvalue weighted by Gasteiger charge is -2.42. The third-order valence-corrected chi connectivity index (χ3v) is 8.99. The Labute approximate surface area is 254 Å². The first kappa shape index (κ1) is 28.9. The van der Waals surface area contributed by atoms with Gasteiger partial charge in [0.05, 0.1) is 30.8 Å². The van der Waals surface area contributed by atoms with Crippen LogP contribution in [-0.4, -0.2) is 84.6 Å². The predicted molar refractivity (Wildman–Crippen MR) is 169 cm³/mol. The Balaban J connectivity index is 1.30. The molecule has 6 rings (SSSR count). The number of aryl methyl sites for hydroxylation is 1. The molecule has 2 aliphatic heterocycles. The van der Waals surface area contributed by atoms with Crippen molar-refractivity contribution in [3.8, 4) is 12.1 Å². The van der Waals surface area contributed by atoms with Crippen molar-refractivity contribution in [1.82, 2.24) is 19.8 Å². The number of nitriles is 1. The first-order valence-electron chi connectivity index (χ1n) is 15.4. The molecule has 43 heavy (non-hydrogen) atoms. The van der Waals surface area contributed by atoms with Crippen LogP contribution in [0.4, 0.5) is 11.5 Å². The number of nitrogens with zero attached hydrogens (tertiary/aromatic N) is 7. The Hall–Kier alpha value is -4.16. The molecular formula is C34H41N7O2. The molecule has 1 atom stereocenters. The van der Waals surface area contributed by atoms with Gasteiger partial charge in [-0.2, -0.15) is 15.2 Å². The molecule has 3 aliphatic rings. The van der Waals surface area contributed by atoms with Crippen LogP contribution in [0, 0.1) is 24.2 Å². The molecule has 1 aliphatic carbocycles. The van der Waals surface area contributed by atoms with E-state index in [1.807, 2.05) is 0 Å². The number of benzene rings is 2. The number of piperazine rings is 1. The van der Waals surface area contributed by atoms with E-state index in [0.717, 1.165) is 49.0 Å². The van der Waals surface area contributed by atoms with Gasteiger partial charge < -0.3 is 24.3 Å². The molecule has 0 radical (unpaired) electrons. The molecule has 1 aromatic heterocycles. The van der Waals surface area contributed by atoms with E-state index in [2.05, 4.69) is 77.7 Å². The van der Waals surface area contributed by atoms with Gasteiger partial charge in [-0.25, -0.2) is 0 Å². The summed E-state index contributed by atoms with van der Waals surface area (Å²) >= 11 is 0. The number of likely N-dealkylation sites (N-methyl/N-ethyl adjacent to an activating group) is 1. The second-order valence-corrected chi connectivity index (χ2v) is 12.1. The van der Waals surface area contributed by atoms with Gasteiger partial charge in [0.1, 0.15) is 12.4 Å². The van der Waals surface area contributed by atoms with E-state index in [0.29, 0.717) is 38.8 Å². The van der Waals surface area contributed by atoms with Gasteiger partial charge in [-0.05, 0) is 62.2 Å². The number of fused-ring (bicyclic) bond motifs is 2. The molecule has 0 bridgehead atoms. The molecule has 0 unspecified atom stereocenters. The standard InChI is InChI=1S/C34H41N7O2/c1-4-31(42)41-18-17-40(22-27(41)13-15-35)33-28-14-16-39(30-10-6-9-26-8-5-7-24(2)32(26)30)23-29(28)36-34(37-33)43-20-19-38(3)21-25-11-12-25/h4-10,25,27H,1,11-14,16-23H2,2-3H3/t27-/m0/s1. The number of hydrogen-bond donors (Lipinski definition) is 0. The van der Waals surface area contributed by atoms with Crippen molar-refractivity contribution in [3.05, 3.63) is 65.9 Å². The average Bonchev–Trinajstić information content (AvgIpc) is 3.84. The third-order valence-electron chi connectivity index (χ3n) is 8.99. The van der Waals surface area contributed by atoms with Crippen LogP contribution >= 0.6 is 0 Å². The Kier molecular flexibility index (Phi) is 8.48. The summed E-state index contributed by atoms with van der Waals surface area (Å²) in [5.41, 5.74) is 4.59. The molecule has 1 amide bonds. The highest BCUT2D eigenvalue weighted by molar-refractivity contribution is 5.97. The summed E-state index contributed by atoms with van der Waals surface area (Å²) in [4.78, 5) is 31.2. The van der Waals surface area contributed by atoms with Crippen LogP contribution in [-0.2, 0) is 17.8 Å². The van der Waals surface area contributed by atoms with Gasteiger partial charge in [-0.3, -0.25) is 4.79 Å². The minimum atomic E-state index is -0.228. The van der Waals surface area contributed by atoms with Crippen molar-refractivity contribution in [1.29, 1.82) is 5.26 Å². The van der Waals surface area contributed by atoms with Crippen LogP contribution in [0.5, 0.6) is 6.01 Å². The summed E-state index contributed by atoms with van der Waals surface area (Å²) in [6, 6.07) is 15.4. The average molecular weight is 580 g/mol. The normalized spacial score (nSPS) is 18.5. The monoisotopic (exact) mass is 579 g/mol.